The second kappa shape index (κ2) is 5.72. The molecule has 82 valence electrons. The van der Waals surface area contributed by atoms with Gasteiger partial charge < -0.3 is 14.2 Å². The van der Waals surface area contributed by atoms with Gasteiger partial charge in [0.2, 0.25) is 0 Å². The van der Waals surface area contributed by atoms with Crippen molar-refractivity contribution in [2.24, 2.45) is 0 Å². The molecule has 1 rings (SSSR count). The second-order valence-corrected chi connectivity index (χ2v) is 3.46. The summed E-state index contributed by atoms with van der Waals surface area (Å²) in [6.45, 7) is 0.141. The Hall–Kier alpha value is -1.07. The highest BCUT2D eigenvalue weighted by atomic mass is 79.9. The van der Waals surface area contributed by atoms with E-state index in [4.69, 9.17) is 14.2 Å². The molecule has 0 aliphatic rings. The van der Waals surface area contributed by atoms with Crippen LogP contribution in [0.1, 0.15) is 10.4 Å². The molecule has 0 atom stereocenters. The fourth-order valence-electron chi connectivity index (χ4n) is 1.09. The maximum atomic E-state index is 10.7. The van der Waals surface area contributed by atoms with Crippen LogP contribution in [0.15, 0.2) is 16.6 Å². The molecule has 0 fully saturated rings. The predicted octanol–water partition coefficient (Wildman–Crippen LogP) is 2.25. The maximum Gasteiger partial charge on any atom is 0.188 e. The first kappa shape index (κ1) is 12.0. The number of carbonyl (C=O) groups excluding carboxylic acids is 1. The predicted molar refractivity (Wildman–Crippen MR) is 58.6 cm³/mol. The summed E-state index contributed by atoms with van der Waals surface area (Å²) in [5.41, 5.74) is 0.467. The van der Waals surface area contributed by atoms with E-state index < -0.39 is 0 Å². The first-order chi connectivity index (χ1) is 7.24. The van der Waals surface area contributed by atoms with Crippen molar-refractivity contribution in [1.82, 2.24) is 0 Å². The molecule has 0 bridgehead atoms. The van der Waals surface area contributed by atoms with Gasteiger partial charge >= 0.3 is 0 Å². The van der Waals surface area contributed by atoms with E-state index in [2.05, 4.69) is 15.9 Å². The van der Waals surface area contributed by atoms with Gasteiger partial charge in [-0.2, -0.15) is 0 Å². The highest BCUT2D eigenvalue weighted by Crippen LogP contribution is 2.36. The number of ether oxygens (including phenoxy) is 3. The molecule has 0 heterocycles. The lowest BCUT2D eigenvalue weighted by molar-refractivity contribution is 0.0504. The van der Waals surface area contributed by atoms with Gasteiger partial charge in [-0.3, -0.25) is 4.79 Å². The molecule has 1 aromatic carbocycles. The minimum Gasteiger partial charge on any atom is -0.495 e. The van der Waals surface area contributed by atoms with Crippen LogP contribution in [-0.2, 0) is 4.74 Å². The summed E-state index contributed by atoms with van der Waals surface area (Å²) < 4.78 is 15.7. The van der Waals surface area contributed by atoms with Gasteiger partial charge in [0.25, 0.3) is 0 Å². The summed E-state index contributed by atoms with van der Waals surface area (Å²) in [6, 6.07) is 3.30. The molecule has 0 aromatic heterocycles. The molecule has 0 aliphatic carbocycles. The Morgan fingerprint density at radius 2 is 2.13 bits per heavy atom. The lowest BCUT2D eigenvalue weighted by atomic mass is 10.2. The zero-order chi connectivity index (χ0) is 11.3. The van der Waals surface area contributed by atoms with Gasteiger partial charge in [-0.15, -0.1) is 0 Å². The Morgan fingerprint density at radius 3 is 2.67 bits per heavy atom. The lowest BCUT2D eigenvalue weighted by Gasteiger charge is -2.11. The first-order valence-electron chi connectivity index (χ1n) is 4.18. The number of aldehydes is 1. The standard InChI is InChI=1S/C10H11BrO4/c1-13-6-15-8-4-3-7(5-12)10(14-2)9(8)11/h3-5H,6H2,1-2H3. The molecular formula is C10H11BrO4. The van der Waals surface area contributed by atoms with Crippen LogP contribution in [0.5, 0.6) is 11.5 Å². The molecule has 0 radical (unpaired) electrons. The van der Waals surface area contributed by atoms with E-state index in [1.165, 1.54) is 14.2 Å². The van der Waals surface area contributed by atoms with Crippen molar-refractivity contribution in [2.45, 2.75) is 0 Å². The van der Waals surface area contributed by atoms with Crippen LogP contribution >= 0.6 is 15.9 Å². The van der Waals surface area contributed by atoms with E-state index in [0.717, 1.165) is 6.29 Å². The van der Waals surface area contributed by atoms with Crippen molar-refractivity contribution in [3.8, 4) is 11.5 Å². The molecule has 5 heteroatoms. The van der Waals surface area contributed by atoms with Crippen molar-refractivity contribution < 1.29 is 19.0 Å². The SMILES string of the molecule is COCOc1ccc(C=O)c(OC)c1Br. The van der Waals surface area contributed by atoms with Crippen LogP contribution in [0.3, 0.4) is 0 Å². The van der Waals surface area contributed by atoms with E-state index in [9.17, 15) is 4.79 Å². The van der Waals surface area contributed by atoms with Gasteiger partial charge in [0.05, 0.1) is 12.7 Å². The van der Waals surface area contributed by atoms with E-state index in [0.29, 0.717) is 21.5 Å². The normalized spacial score (nSPS) is 9.80. The number of halogens is 1. The van der Waals surface area contributed by atoms with Crippen molar-refractivity contribution in [3.05, 3.63) is 22.2 Å². The van der Waals surface area contributed by atoms with Crippen LogP contribution in [0.4, 0.5) is 0 Å². The molecule has 0 saturated carbocycles. The smallest absolute Gasteiger partial charge is 0.188 e. The van der Waals surface area contributed by atoms with Crippen LogP contribution < -0.4 is 9.47 Å². The van der Waals surface area contributed by atoms with Crippen molar-refractivity contribution in [1.29, 1.82) is 0 Å². The highest BCUT2D eigenvalue weighted by molar-refractivity contribution is 9.10. The molecule has 0 N–H and O–H groups in total. The summed E-state index contributed by atoms with van der Waals surface area (Å²) in [4.78, 5) is 10.7. The number of methoxy groups -OCH3 is 2. The Balaban J connectivity index is 3.05. The average Bonchev–Trinajstić information content (AvgIpc) is 2.27. The van der Waals surface area contributed by atoms with Gasteiger partial charge in [-0.25, -0.2) is 0 Å². The van der Waals surface area contributed by atoms with Crippen molar-refractivity contribution in [2.75, 3.05) is 21.0 Å². The molecule has 0 unspecified atom stereocenters. The Labute approximate surface area is 96.3 Å². The fraction of sp³-hybridized carbons (Fsp3) is 0.300. The second-order valence-electron chi connectivity index (χ2n) is 2.67. The van der Waals surface area contributed by atoms with E-state index >= 15 is 0 Å². The van der Waals surface area contributed by atoms with Crippen LogP contribution in [0.25, 0.3) is 0 Å². The zero-order valence-corrected chi connectivity index (χ0v) is 10.0. The van der Waals surface area contributed by atoms with Crippen molar-refractivity contribution in [3.63, 3.8) is 0 Å². The highest BCUT2D eigenvalue weighted by Gasteiger charge is 2.12. The molecule has 4 nitrogen and oxygen atoms in total. The molecule has 15 heavy (non-hydrogen) atoms. The average molecular weight is 275 g/mol. The third kappa shape index (κ3) is 2.70. The summed E-state index contributed by atoms with van der Waals surface area (Å²) in [5.74, 6) is 1.03. The number of rotatable bonds is 5. The summed E-state index contributed by atoms with van der Waals surface area (Å²) in [7, 11) is 3.03. The molecular weight excluding hydrogens is 264 g/mol. The van der Waals surface area contributed by atoms with Gasteiger partial charge in [0, 0.05) is 7.11 Å². The van der Waals surface area contributed by atoms with Gasteiger partial charge in [0.1, 0.15) is 16.0 Å². The van der Waals surface area contributed by atoms with Gasteiger partial charge in [-0.05, 0) is 28.1 Å². The number of hydrogen-bond donors (Lipinski definition) is 0. The summed E-state index contributed by atoms with van der Waals surface area (Å²) in [6.07, 6.45) is 0.726. The zero-order valence-electron chi connectivity index (χ0n) is 8.45. The van der Waals surface area contributed by atoms with Crippen LogP contribution in [-0.4, -0.2) is 27.3 Å². The Kier molecular flexibility index (Phi) is 4.58. The topological polar surface area (TPSA) is 44.8 Å². The monoisotopic (exact) mass is 274 g/mol. The van der Waals surface area contributed by atoms with Gasteiger partial charge in [0.15, 0.2) is 13.1 Å². The molecule has 0 spiro atoms. The number of carbonyl (C=O) groups is 1. The van der Waals surface area contributed by atoms with Crippen LogP contribution in [0, 0.1) is 0 Å². The third-order valence-corrected chi connectivity index (χ3v) is 2.51. The lowest BCUT2D eigenvalue weighted by Crippen LogP contribution is -2.01. The Bertz CT molecular complexity index is 352. The third-order valence-electron chi connectivity index (χ3n) is 1.76. The first-order valence-corrected chi connectivity index (χ1v) is 4.97. The van der Waals surface area contributed by atoms with Crippen LogP contribution in [0.2, 0.25) is 0 Å². The maximum absolute atomic E-state index is 10.7. The van der Waals surface area contributed by atoms with Crippen molar-refractivity contribution >= 4 is 22.2 Å². The molecule has 0 amide bonds. The molecule has 0 saturated heterocycles. The minimum atomic E-state index is 0.141. The van der Waals surface area contributed by atoms with E-state index in [1.54, 1.807) is 12.1 Å². The number of hydrogen-bond acceptors (Lipinski definition) is 4. The van der Waals surface area contributed by atoms with Gasteiger partial charge in [-0.1, -0.05) is 0 Å². The quantitative estimate of drug-likeness (QED) is 0.610. The number of benzene rings is 1. The van der Waals surface area contributed by atoms with E-state index in [-0.39, 0.29) is 6.79 Å². The Morgan fingerprint density at radius 1 is 1.40 bits per heavy atom. The minimum absolute atomic E-state index is 0.141. The van der Waals surface area contributed by atoms with E-state index in [1.807, 2.05) is 0 Å². The fourth-order valence-corrected chi connectivity index (χ4v) is 1.72. The summed E-state index contributed by atoms with van der Waals surface area (Å²) >= 11 is 3.30. The molecule has 1 aromatic rings. The molecule has 0 aliphatic heterocycles. The summed E-state index contributed by atoms with van der Waals surface area (Å²) in [5, 5.41) is 0. The largest absolute Gasteiger partial charge is 0.495 e.